The highest BCUT2D eigenvalue weighted by atomic mass is 16.5. The van der Waals surface area contributed by atoms with Crippen molar-refractivity contribution < 1.29 is 9.53 Å². The number of hydrogen-bond acceptors (Lipinski definition) is 5. The van der Waals surface area contributed by atoms with Crippen LogP contribution in [0.25, 0.3) is 10.9 Å². The number of nitrogens with one attached hydrogen (secondary N) is 2. The van der Waals surface area contributed by atoms with Gasteiger partial charge in [-0.1, -0.05) is 42.5 Å². The number of ether oxygens (including phenoxy) is 1. The van der Waals surface area contributed by atoms with Crippen LogP contribution in [0.3, 0.4) is 0 Å². The minimum absolute atomic E-state index is 0.0302. The van der Waals surface area contributed by atoms with Gasteiger partial charge >= 0.3 is 0 Å². The van der Waals surface area contributed by atoms with Gasteiger partial charge in [0.1, 0.15) is 0 Å². The lowest BCUT2D eigenvalue weighted by molar-refractivity contribution is 0.0920. The molecule has 7 nitrogen and oxygen atoms in total. The Kier molecular flexibility index (Phi) is 6.42. The third kappa shape index (κ3) is 4.87. The average molecular weight is 408 g/mol. The van der Waals surface area contributed by atoms with Gasteiger partial charge in [0.05, 0.1) is 18.2 Å². The van der Waals surface area contributed by atoms with Crippen molar-refractivity contribution in [1.29, 1.82) is 0 Å². The number of aromatic amines is 1. The van der Waals surface area contributed by atoms with Gasteiger partial charge in [0, 0.05) is 45.2 Å². The van der Waals surface area contributed by atoms with Gasteiger partial charge in [-0.3, -0.25) is 14.8 Å². The second kappa shape index (κ2) is 9.38. The summed E-state index contributed by atoms with van der Waals surface area (Å²) >= 11 is 0. The van der Waals surface area contributed by atoms with Gasteiger partial charge < -0.3 is 15.0 Å². The summed E-state index contributed by atoms with van der Waals surface area (Å²) in [5.74, 6) is -0.130. The van der Waals surface area contributed by atoms with E-state index in [1.54, 1.807) is 7.11 Å². The zero-order chi connectivity index (χ0) is 20.9. The summed E-state index contributed by atoms with van der Waals surface area (Å²) in [7, 11) is 3.82. The van der Waals surface area contributed by atoms with Crippen molar-refractivity contribution in [3.8, 4) is 0 Å². The van der Waals surface area contributed by atoms with Gasteiger partial charge in [0.2, 0.25) is 0 Å². The van der Waals surface area contributed by atoms with E-state index in [9.17, 15) is 4.79 Å². The third-order valence-corrected chi connectivity index (χ3v) is 5.54. The summed E-state index contributed by atoms with van der Waals surface area (Å²) < 4.78 is 5.26. The van der Waals surface area contributed by atoms with Crippen molar-refractivity contribution >= 4 is 16.8 Å². The average Bonchev–Trinajstić information content (AvgIpc) is 3.09. The Balaban J connectivity index is 1.45. The molecule has 3 aromatic rings. The summed E-state index contributed by atoms with van der Waals surface area (Å²) in [6.45, 7) is 5.01. The topological polar surface area (TPSA) is 73.5 Å². The van der Waals surface area contributed by atoms with E-state index in [4.69, 9.17) is 4.74 Å². The molecule has 1 aliphatic heterocycles. The molecule has 1 saturated heterocycles. The molecule has 2 heterocycles. The number of carbonyl (C=O) groups is 1. The number of carbonyl (C=O) groups excluding carboxylic acids is 1. The zero-order valence-corrected chi connectivity index (χ0v) is 17.6. The molecule has 4 rings (SSSR count). The van der Waals surface area contributed by atoms with Crippen LogP contribution in [0.15, 0.2) is 48.5 Å². The lowest BCUT2D eigenvalue weighted by atomic mass is 10.1. The fourth-order valence-electron chi connectivity index (χ4n) is 4.11. The Morgan fingerprint density at radius 1 is 1.17 bits per heavy atom. The van der Waals surface area contributed by atoms with E-state index in [2.05, 4.69) is 56.6 Å². The number of fused-ring (bicyclic) bond motifs is 1. The zero-order valence-electron chi connectivity index (χ0n) is 17.6. The van der Waals surface area contributed by atoms with Crippen molar-refractivity contribution in [2.45, 2.75) is 19.2 Å². The molecule has 0 aliphatic carbocycles. The SMILES string of the molecule is COCc1cccc(CN2CCN(C)CC(NC(=O)c3n[nH]c4ccccc34)C2)c1. The number of rotatable bonds is 6. The largest absolute Gasteiger partial charge is 0.380 e. The van der Waals surface area contributed by atoms with E-state index in [0.29, 0.717) is 12.3 Å². The van der Waals surface area contributed by atoms with Crippen LogP contribution in [0.1, 0.15) is 21.6 Å². The Bertz CT molecular complexity index is 1000. The van der Waals surface area contributed by atoms with E-state index in [0.717, 1.165) is 43.6 Å². The van der Waals surface area contributed by atoms with Gasteiger partial charge in [-0.2, -0.15) is 5.10 Å². The molecule has 1 aromatic heterocycles. The van der Waals surface area contributed by atoms with Crippen LogP contribution in [-0.4, -0.2) is 72.3 Å². The van der Waals surface area contributed by atoms with Gasteiger partial charge in [-0.05, 0) is 24.2 Å². The van der Waals surface area contributed by atoms with Crippen LogP contribution in [0.5, 0.6) is 0 Å². The lowest BCUT2D eigenvalue weighted by Gasteiger charge is -2.25. The molecule has 0 spiro atoms. The Morgan fingerprint density at radius 2 is 2.00 bits per heavy atom. The van der Waals surface area contributed by atoms with Crippen molar-refractivity contribution in [3.05, 3.63) is 65.4 Å². The van der Waals surface area contributed by atoms with Gasteiger partial charge in [0.25, 0.3) is 5.91 Å². The molecule has 1 unspecified atom stereocenters. The first kappa shape index (κ1) is 20.5. The van der Waals surface area contributed by atoms with Gasteiger partial charge in [-0.25, -0.2) is 0 Å². The summed E-state index contributed by atoms with van der Waals surface area (Å²) in [5, 5.41) is 11.2. The predicted octanol–water partition coefficient (Wildman–Crippen LogP) is 2.26. The standard InChI is InChI=1S/C23H29N5O2/c1-27-10-11-28(13-17-6-5-7-18(12-17)16-30-2)15-19(14-27)24-23(29)22-20-8-3-4-9-21(20)25-26-22/h3-9,12,19H,10-11,13-16H2,1-2H3,(H,24,29)(H,25,26). The molecule has 1 fully saturated rings. The molecule has 1 amide bonds. The number of benzene rings is 2. The maximum Gasteiger partial charge on any atom is 0.272 e. The molecule has 1 aliphatic rings. The van der Waals surface area contributed by atoms with Crippen LogP contribution >= 0.6 is 0 Å². The summed E-state index contributed by atoms with van der Waals surface area (Å²) in [6.07, 6.45) is 0. The normalized spacial score (nSPS) is 18.4. The molecule has 0 radical (unpaired) electrons. The number of para-hydroxylation sites is 1. The first-order valence-corrected chi connectivity index (χ1v) is 10.3. The molecular weight excluding hydrogens is 378 g/mol. The van der Waals surface area contributed by atoms with Crippen LogP contribution in [0, 0.1) is 0 Å². The van der Waals surface area contributed by atoms with Crippen molar-refractivity contribution in [1.82, 2.24) is 25.3 Å². The fourth-order valence-corrected chi connectivity index (χ4v) is 4.11. The van der Waals surface area contributed by atoms with Gasteiger partial charge in [0.15, 0.2) is 5.69 Å². The summed E-state index contributed by atoms with van der Waals surface area (Å²) in [4.78, 5) is 17.6. The molecule has 0 bridgehead atoms. The minimum Gasteiger partial charge on any atom is -0.380 e. The van der Waals surface area contributed by atoms with Crippen LogP contribution in [0.2, 0.25) is 0 Å². The Labute approximate surface area is 177 Å². The van der Waals surface area contributed by atoms with Crippen LogP contribution < -0.4 is 5.32 Å². The highest BCUT2D eigenvalue weighted by Gasteiger charge is 2.24. The number of aromatic nitrogens is 2. The second-order valence-corrected chi connectivity index (χ2v) is 8.04. The highest BCUT2D eigenvalue weighted by molar-refractivity contribution is 6.04. The van der Waals surface area contributed by atoms with E-state index in [1.165, 1.54) is 11.1 Å². The maximum absolute atomic E-state index is 12.9. The van der Waals surface area contributed by atoms with Gasteiger partial charge in [-0.15, -0.1) is 0 Å². The molecule has 2 aromatic carbocycles. The molecular formula is C23H29N5O2. The Morgan fingerprint density at radius 3 is 2.87 bits per heavy atom. The molecule has 7 heteroatoms. The van der Waals surface area contributed by atoms with Crippen molar-refractivity contribution in [3.63, 3.8) is 0 Å². The number of amides is 1. The minimum atomic E-state index is -0.130. The first-order valence-electron chi connectivity index (χ1n) is 10.3. The quantitative estimate of drug-likeness (QED) is 0.656. The molecule has 1 atom stereocenters. The molecule has 158 valence electrons. The summed E-state index contributed by atoms with van der Waals surface area (Å²) in [6, 6.07) is 16.2. The number of hydrogen-bond donors (Lipinski definition) is 2. The number of H-pyrrole nitrogens is 1. The van der Waals surface area contributed by atoms with E-state index < -0.39 is 0 Å². The number of methoxy groups -OCH3 is 1. The van der Waals surface area contributed by atoms with E-state index >= 15 is 0 Å². The fraction of sp³-hybridized carbons (Fsp3) is 0.391. The highest BCUT2D eigenvalue weighted by Crippen LogP contribution is 2.16. The van der Waals surface area contributed by atoms with Crippen molar-refractivity contribution in [2.24, 2.45) is 0 Å². The number of nitrogens with zero attached hydrogens (tertiary/aromatic N) is 3. The third-order valence-electron chi connectivity index (χ3n) is 5.54. The molecule has 30 heavy (non-hydrogen) atoms. The number of likely N-dealkylation sites (N-methyl/N-ethyl adjacent to an activating group) is 1. The van der Waals surface area contributed by atoms with E-state index in [-0.39, 0.29) is 11.9 Å². The summed E-state index contributed by atoms with van der Waals surface area (Å²) in [5.41, 5.74) is 3.77. The predicted molar refractivity (Wildman–Crippen MR) is 117 cm³/mol. The molecule has 0 saturated carbocycles. The van der Waals surface area contributed by atoms with E-state index in [1.807, 2.05) is 24.3 Å². The lowest BCUT2D eigenvalue weighted by Crippen LogP contribution is -2.46. The maximum atomic E-state index is 12.9. The monoisotopic (exact) mass is 407 g/mol. The van der Waals surface area contributed by atoms with Crippen LogP contribution in [-0.2, 0) is 17.9 Å². The Hall–Kier alpha value is -2.74. The van der Waals surface area contributed by atoms with Crippen molar-refractivity contribution in [2.75, 3.05) is 40.3 Å². The molecule has 2 N–H and O–H groups in total. The van der Waals surface area contributed by atoms with Crippen LogP contribution in [0.4, 0.5) is 0 Å². The smallest absolute Gasteiger partial charge is 0.272 e. The second-order valence-electron chi connectivity index (χ2n) is 8.04. The first-order chi connectivity index (χ1) is 14.6.